The Balaban J connectivity index is 1.69. The molecule has 1 aromatic heterocycles. The van der Waals surface area contributed by atoms with Crippen molar-refractivity contribution >= 4 is 22.6 Å². The number of fused-ring (bicyclic) bond motifs is 1. The van der Waals surface area contributed by atoms with Crippen LogP contribution in [0.5, 0.6) is 5.75 Å². The Morgan fingerprint density at radius 2 is 1.82 bits per heavy atom. The van der Waals surface area contributed by atoms with Gasteiger partial charge in [0.05, 0.1) is 5.39 Å². The molecule has 2 amide bonds. The zero-order valence-electron chi connectivity index (χ0n) is 15.6. The lowest BCUT2D eigenvalue weighted by atomic mass is 10.1. The molecule has 3 rings (SSSR count). The van der Waals surface area contributed by atoms with E-state index in [0.717, 1.165) is 5.56 Å². The fourth-order valence-corrected chi connectivity index (χ4v) is 2.69. The highest BCUT2D eigenvalue weighted by Crippen LogP contribution is 2.13. The predicted molar refractivity (Wildman–Crippen MR) is 104 cm³/mol. The number of nitrogens with one attached hydrogen (secondary N) is 2. The molecule has 0 unspecified atom stereocenters. The summed E-state index contributed by atoms with van der Waals surface area (Å²) in [4.78, 5) is 36.8. The summed E-state index contributed by atoms with van der Waals surface area (Å²) in [6.07, 6.45) is 0. The highest BCUT2D eigenvalue weighted by Gasteiger charge is 2.16. The van der Waals surface area contributed by atoms with Gasteiger partial charge in [0.2, 0.25) is 0 Å². The monoisotopic (exact) mass is 380 g/mol. The first-order chi connectivity index (χ1) is 13.5. The van der Waals surface area contributed by atoms with Gasteiger partial charge in [-0.05, 0) is 37.6 Å². The van der Waals surface area contributed by atoms with Gasteiger partial charge < -0.3 is 4.74 Å². The van der Waals surface area contributed by atoms with Gasteiger partial charge in [0.1, 0.15) is 5.75 Å². The number of hydrogen-bond donors (Lipinski definition) is 2. The maximum atomic E-state index is 12.5. The smallest absolute Gasteiger partial charge is 0.290 e. The van der Waals surface area contributed by atoms with Gasteiger partial charge in [-0.25, -0.2) is 4.68 Å². The SMILES string of the molecule is CCn1nc(C(=O)NNC(=O)COc2cccc(C)c2)c2ccccc2c1=O. The Morgan fingerprint density at radius 3 is 2.54 bits per heavy atom. The van der Waals surface area contributed by atoms with Crippen LogP contribution >= 0.6 is 0 Å². The second kappa shape index (κ2) is 8.34. The third-order valence-electron chi connectivity index (χ3n) is 4.06. The van der Waals surface area contributed by atoms with E-state index in [1.807, 2.05) is 19.1 Å². The molecule has 2 aromatic carbocycles. The molecule has 0 atom stereocenters. The second-order valence-corrected chi connectivity index (χ2v) is 6.12. The molecule has 8 heteroatoms. The summed E-state index contributed by atoms with van der Waals surface area (Å²) in [7, 11) is 0. The minimum absolute atomic E-state index is 0.0527. The van der Waals surface area contributed by atoms with E-state index in [2.05, 4.69) is 16.0 Å². The van der Waals surface area contributed by atoms with Crippen LogP contribution in [0.3, 0.4) is 0 Å². The van der Waals surface area contributed by atoms with Crippen molar-refractivity contribution in [2.24, 2.45) is 0 Å². The maximum Gasteiger partial charge on any atom is 0.290 e. The van der Waals surface area contributed by atoms with Crippen molar-refractivity contribution in [3.8, 4) is 5.75 Å². The van der Waals surface area contributed by atoms with Gasteiger partial charge in [0.25, 0.3) is 17.4 Å². The lowest BCUT2D eigenvalue weighted by Gasteiger charge is -2.11. The highest BCUT2D eigenvalue weighted by atomic mass is 16.5. The van der Waals surface area contributed by atoms with Gasteiger partial charge in [0, 0.05) is 11.9 Å². The first-order valence-corrected chi connectivity index (χ1v) is 8.78. The number of aryl methyl sites for hydroxylation is 2. The molecule has 28 heavy (non-hydrogen) atoms. The summed E-state index contributed by atoms with van der Waals surface area (Å²) in [6.45, 7) is 3.74. The van der Waals surface area contributed by atoms with E-state index in [1.54, 1.807) is 43.3 Å². The van der Waals surface area contributed by atoms with E-state index in [9.17, 15) is 14.4 Å². The van der Waals surface area contributed by atoms with E-state index in [1.165, 1.54) is 4.68 Å². The fourth-order valence-electron chi connectivity index (χ4n) is 2.69. The molecular formula is C20H20N4O4. The topological polar surface area (TPSA) is 102 Å². The zero-order valence-corrected chi connectivity index (χ0v) is 15.6. The molecule has 0 saturated carbocycles. The number of carbonyl (C=O) groups is 2. The minimum Gasteiger partial charge on any atom is -0.484 e. The van der Waals surface area contributed by atoms with E-state index < -0.39 is 11.8 Å². The molecule has 0 bridgehead atoms. The minimum atomic E-state index is -0.623. The quantitative estimate of drug-likeness (QED) is 0.654. The Bertz CT molecular complexity index is 1090. The summed E-state index contributed by atoms with van der Waals surface area (Å²) >= 11 is 0. The third-order valence-corrected chi connectivity index (χ3v) is 4.06. The lowest BCUT2D eigenvalue weighted by Crippen LogP contribution is -2.44. The van der Waals surface area contributed by atoms with Crippen LogP contribution in [0.25, 0.3) is 10.8 Å². The summed E-state index contributed by atoms with van der Waals surface area (Å²) in [5, 5.41) is 4.91. The number of ether oxygens (including phenoxy) is 1. The molecule has 1 heterocycles. The van der Waals surface area contributed by atoms with Gasteiger partial charge in [-0.3, -0.25) is 25.2 Å². The van der Waals surface area contributed by atoms with Crippen molar-refractivity contribution in [3.63, 3.8) is 0 Å². The van der Waals surface area contributed by atoms with Crippen molar-refractivity contribution in [3.05, 3.63) is 70.1 Å². The number of hydrazine groups is 1. The zero-order chi connectivity index (χ0) is 20.1. The third kappa shape index (κ3) is 4.17. The van der Waals surface area contributed by atoms with Crippen LogP contribution in [-0.2, 0) is 11.3 Å². The summed E-state index contributed by atoms with van der Waals surface area (Å²) in [6, 6.07) is 14.0. The first kappa shape index (κ1) is 19.1. The van der Waals surface area contributed by atoms with Crippen molar-refractivity contribution in [1.29, 1.82) is 0 Å². The van der Waals surface area contributed by atoms with Gasteiger partial charge in [-0.15, -0.1) is 0 Å². The van der Waals surface area contributed by atoms with Crippen LogP contribution in [0, 0.1) is 6.92 Å². The highest BCUT2D eigenvalue weighted by molar-refractivity contribution is 6.05. The molecule has 0 aliphatic carbocycles. The van der Waals surface area contributed by atoms with Gasteiger partial charge in [-0.2, -0.15) is 5.10 Å². The molecule has 0 saturated heterocycles. The van der Waals surface area contributed by atoms with Crippen LogP contribution < -0.4 is 21.1 Å². The summed E-state index contributed by atoms with van der Waals surface area (Å²) in [5.41, 5.74) is 5.39. The number of carbonyl (C=O) groups excluding carboxylic acids is 2. The Kier molecular flexibility index (Phi) is 5.69. The van der Waals surface area contributed by atoms with Gasteiger partial charge in [-0.1, -0.05) is 30.3 Å². The standard InChI is InChI=1S/C20H20N4O4/c1-3-24-20(27)16-10-5-4-9-15(16)18(23-24)19(26)22-21-17(25)12-28-14-8-6-7-13(2)11-14/h4-11H,3,12H2,1-2H3,(H,21,25)(H,22,26). The fraction of sp³-hybridized carbons (Fsp3) is 0.200. The average Bonchev–Trinajstić information content (AvgIpc) is 2.71. The molecule has 0 aliphatic heterocycles. The van der Waals surface area contributed by atoms with E-state index in [-0.39, 0.29) is 17.9 Å². The van der Waals surface area contributed by atoms with E-state index in [0.29, 0.717) is 23.1 Å². The normalized spacial score (nSPS) is 10.5. The van der Waals surface area contributed by atoms with Crippen LogP contribution in [-0.4, -0.2) is 28.2 Å². The van der Waals surface area contributed by atoms with Crippen LogP contribution in [0.4, 0.5) is 0 Å². The Hall–Kier alpha value is -3.68. The molecule has 0 aliphatic rings. The van der Waals surface area contributed by atoms with Gasteiger partial charge >= 0.3 is 0 Å². The number of nitrogens with zero attached hydrogens (tertiary/aromatic N) is 2. The molecule has 8 nitrogen and oxygen atoms in total. The molecule has 0 spiro atoms. The average molecular weight is 380 g/mol. The molecule has 0 fully saturated rings. The van der Waals surface area contributed by atoms with Crippen LogP contribution in [0.2, 0.25) is 0 Å². The Labute approximate surface area is 161 Å². The Morgan fingerprint density at radius 1 is 1.07 bits per heavy atom. The molecule has 144 valence electrons. The van der Waals surface area contributed by atoms with Crippen molar-refractivity contribution in [1.82, 2.24) is 20.6 Å². The van der Waals surface area contributed by atoms with Crippen molar-refractivity contribution in [2.45, 2.75) is 20.4 Å². The second-order valence-electron chi connectivity index (χ2n) is 6.12. The molecule has 2 N–H and O–H groups in total. The maximum absolute atomic E-state index is 12.5. The van der Waals surface area contributed by atoms with Crippen LogP contribution in [0.1, 0.15) is 23.0 Å². The number of rotatable bonds is 5. The number of amides is 2. The van der Waals surface area contributed by atoms with Gasteiger partial charge in [0.15, 0.2) is 12.3 Å². The summed E-state index contributed by atoms with van der Waals surface area (Å²) in [5.74, 6) is -0.588. The summed E-state index contributed by atoms with van der Waals surface area (Å²) < 4.78 is 6.59. The van der Waals surface area contributed by atoms with E-state index in [4.69, 9.17) is 4.74 Å². The first-order valence-electron chi connectivity index (χ1n) is 8.78. The van der Waals surface area contributed by atoms with Crippen molar-refractivity contribution < 1.29 is 14.3 Å². The molecule has 3 aromatic rings. The van der Waals surface area contributed by atoms with Crippen molar-refractivity contribution in [2.75, 3.05) is 6.61 Å². The largest absolute Gasteiger partial charge is 0.484 e. The predicted octanol–water partition coefficient (Wildman–Crippen LogP) is 1.56. The number of benzene rings is 2. The molecule has 0 radical (unpaired) electrons. The van der Waals surface area contributed by atoms with E-state index >= 15 is 0 Å². The van der Waals surface area contributed by atoms with Crippen LogP contribution in [0.15, 0.2) is 53.3 Å². The number of hydrogen-bond acceptors (Lipinski definition) is 5. The lowest BCUT2D eigenvalue weighted by molar-refractivity contribution is -0.123. The molecular weight excluding hydrogens is 360 g/mol. The number of aromatic nitrogens is 2.